The van der Waals surface area contributed by atoms with Crippen LogP contribution in [-0.4, -0.2) is 50.1 Å². The zero-order valence-electron chi connectivity index (χ0n) is 11.4. The third-order valence-corrected chi connectivity index (χ3v) is 6.81. The summed E-state index contributed by atoms with van der Waals surface area (Å²) in [6, 6.07) is 1.54. The number of carboxylic acid groups (broad SMARTS) is 1. The van der Waals surface area contributed by atoms with Gasteiger partial charge in [0.05, 0.1) is 17.0 Å². The normalized spacial score (nSPS) is 18.1. The van der Waals surface area contributed by atoms with Crippen LogP contribution in [0.4, 0.5) is 0 Å². The molecule has 1 aromatic heterocycles. The van der Waals surface area contributed by atoms with Gasteiger partial charge in [0.2, 0.25) is 0 Å². The van der Waals surface area contributed by atoms with Crippen LogP contribution in [0.1, 0.15) is 18.4 Å². The van der Waals surface area contributed by atoms with Crippen LogP contribution in [0.25, 0.3) is 0 Å². The Labute approximate surface area is 132 Å². The largest absolute Gasteiger partial charge is 0.481 e. The van der Waals surface area contributed by atoms with Crippen molar-refractivity contribution in [3.8, 4) is 0 Å². The summed E-state index contributed by atoms with van der Waals surface area (Å²) in [6.07, 6.45) is 0.895. The summed E-state index contributed by atoms with van der Waals surface area (Å²) in [7, 11) is -2.06. The van der Waals surface area contributed by atoms with Gasteiger partial charge in [-0.3, -0.25) is 4.79 Å². The highest BCUT2D eigenvalue weighted by atomic mass is 35.5. The first-order chi connectivity index (χ1) is 9.80. The number of hydrogen-bond acceptors (Lipinski definition) is 5. The molecule has 21 heavy (non-hydrogen) atoms. The minimum absolute atomic E-state index is 0.0183. The van der Waals surface area contributed by atoms with E-state index in [4.69, 9.17) is 21.4 Å². The summed E-state index contributed by atoms with van der Waals surface area (Å²) >= 11 is 7.06. The molecule has 1 saturated heterocycles. The van der Waals surface area contributed by atoms with E-state index in [1.54, 1.807) is 0 Å². The van der Waals surface area contributed by atoms with Crippen LogP contribution in [0.3, 0.4) is 0 Å². The summed E-state index contributed by atoms with van der Waals surface area (Å²) in [5.74, 6) is -0.877. The Morgan fingerprint density at radius 3 is 2.86 bits per heavy atom. The lowest BCUT2D eigenvalue weighted by Gasteiger charge is -2.14. The highest BCUT2D eigenvalue weighted by Gasteiger charge is 2.31. The maximum absolute atomic E-state index is 12.4. The minimum Gasteiger partial charge on any atom is -0.481 e. The monoisotopic (exact) mass is 353 g/mol. The molecule has 2 heterocycles. The van der Waals surface area contributed by atoms with E-state index in [-0.39, 0.29) is 16.7 Å². The van der Waals surface area contributed by atoms with Gasteiger partial charge in [0, 0.05) is 20.0 Å². The predicted octanol–water partition coefficient (Wildman–Crippen LogP) is 1.83. The molecule has 1 aliphatic rings. The zero-order chi connectivity index (χ0) is 15.6. The summed E-state index contributed by atoms with van der Waals surface area (Å²) < 4.78 is 31.6. The third-order valence-electron chi connectivity index (χ3n) is 3.10. The predicted molar refractivity (Wildman–Crippen MR) is 79.5 cm³/mol. The Morgan fingerprint density at radius 1 is 1.62 bits per heavy atom. The molecular formula is C12H16ClNO5S2. The highest BCUT2D eigenvalue weighted by Crippen LogP contribution is 2.33. The van der Waals surface area contributed by atoms with Crippen LogP contribution in [0.2, 0.25) is 4.34 Å². The van der Waals surface area contributed by atoms with Crippen LogP contribution in [-0.2, 0) is 26.0 Å². The fraction of sp³-hybridized carbons (Fsp3) is 0.583. The fourth-order valence-electron chi connectivity index (χ4n) is 1.82. The topological polar surface area (TPSA) is 87.2 Å². The number of ether oxygens (including phenoxy) is 1. The van der Waals surface area contributed by atoms with Gasteiger partial charge in [-0.15, -0.1) is 11.3 Å². The molecule has 0 bridgehead atoms. The first kappa shape index (κ1) is 16.7. The minimum atomic E-state index is -3.57. The van der Waals surface area contributed by atoms with E-state index in [0.29, 0.717) is 35.9 Å². The van der Waals surface area contributed by atoms with E-state index in [1.807, 2.05) is 0 Å². The van der Waals surface area contributed by atoms with Gasteiger partial charge >= 0.3 is 5.97 Å². The van der Waals surface area contributed by atoms with Crippen molar-refractivity contribution in [3.05, 3.63) is 16.0 Å². The maximum Gasteiger partial charge on any atom is 0.303 e. The van der Waals surface area contributed by atoms with Crippen molar-refractivity contribution in [3.63, 3.8) is 0 Å². The molecule has 9 heteroatoms. The van der Waals surface area contributed by atoms with Gasteiger partial charge in [-0.05, 0) is 24.5 Å². The fourth-order valence-corrected chi connectivity index (χ4v) is 5.04. The SMILES string of the molecule is CN(CC1CO1)S(=O)(=O)c1cc(CCCC(=O)O)c(Cl)s1. The zero-order valence-corrected chi connectivity index (χ0v) is 13.8. The molecule has 0 aliphatic carbocycles. The number of sulfonamides is 1. The van der Waals surface area contributed by atoms with Gasteiger partial charge in [-0.2, -0.15) is 4.31 Å². The Morgan fingerprint density at radius 2 is 2.29 bits per heavy atom. The summed E-state index contributed by atoms with van der Waals surface area (Å²) in [5, 5.41) is 8.61. The van der Waals surface area contributed by atoms with E-state index in [9.17, 15) is 13.2 Å². The van der Waals surface area contributed by atoms with Crippen molar-refractivity contribution in [1.82, 2.24) is 4.31 Å². The van der Waals surface area contributed by atoms with Crippen molar-refractivity contribution in [2.24, 2.45) is 0 Å². The van der Waals surface area contributed by atoms with E-state index in [0.717, 1.165) is 11.3 Å². The highest BCUT2D eigenvalue weighted by molar-refractivity contribution is 7.91. The molecule has 1 fully saturated rings. The van der Waals surface area contributed by atoms with Gasteiger partial charge in [0.25, 0.3) is 10.0 Å². The molecule has 0 amide bonds. The molecule has 0 spiro atoms. The summed E-state index contributed by atoms with van der Waals surface area (Å²) in [4.78, 5) is 10.5. The average Bonchev–Trinajstić information content (AvgIpc) is 3.12. The van der Waals surface area contributed by atoms with Crippen LogP contribution in [0.5, 0.6) is 0 Å². The molecule has 1 atom stereocenters. The lowest BCUT2D eigenvalue weighted by atomic mass is 10.1. The van der Waals surface area contributed by atoms with E-state index >= 15 is 0 Å². The van der Waals surface area contributed by atoms with Crippen molar-refractivity contribution < 1.29 is 23.1 Å². The second-order valence-electron chi connectivity index (χ2n) is 4.85. The number of rotatable bonds is 8. The van der Waals surface area contributed by atoms with Crippen LogP contribution >= 0.6 is 22.9 Å². The van der Waals surface area contributed by atoms with E-state index in [2.05, 4.69) is 0 Å². The second-order valence-corrected chi connectivity index (χ2v) is 8.78. The number of halogens is 1. The Hall–Kier alpha value is -0.670. The molecule has 1 aromatic rings. The number of likely N-dealkylation sites (N-methyl/N-ethyl adjacent to an activating group) is 1. The molecule has 0 saturated carbocycles. The molecule has 1 N–H and O–H groups in total. The van der Waals surface area contributed by atoms with Gasteiger partial charge in [0.1, 0.15) is 4.21 Å². The smallest absolute Gasteiger partial charge is 0.303 e. The number of epoxide rings is 1. The van der Waals surface area contributed by atoms with Crippen LogP contribution in [0.15, 0.2) is 10.3 Å². The maximum atomic E-state index is 12.4. The van der Waals surface area contributed by atoms with Crippen molar-refractivity contribution in [2.45, 2.75) is 29.6 Å². The van der Waals surface area contributed by atoms with E-state index < -0.39 is 16.0 Å². The number of aliphatic carboxylic acids is 1. The van der Waals surface area contributed by atoms with Crippen molar-refractivity contribution in [1.29, 1.82) is 0 Å². The van der Waals surface area contributed by atoms with Gasteiger partial charge in [0.15, 0.2) is 0 Å². The van der Waals surface area contributed by atoms with E-state index in [1.165, 1.54) is 17.4 Å². The van der Waals surface area contributed by atoms with Crippen molar-refractivity contribution in [2.75, 3.05) is 20.2 Å². The number of nitrogens with zero attached hydrogens (tertiary/aromatic N) is 1. The number of aryl methyl sites for hydroxylation is 1. The first-order valence-electron chi connectivity index (χ1n) is 6.38. The number of hydrogen-bond donors (Lipinski definition) is 1. The number of carbonyl (C=O) groups is 1. The lowest BCUT2D eigenvalue weighted by molar-refractivity contribution is -0.137. The van der Waals surface area contributed by atoms with Gasteiger partial charge < -0.3 is 9.84 Å². The summed E-state index contributed by atoms with van der Waals surface area (Å²) in [5.41, 5.74) is 0.678. The van der Waals surface area contributed by atoms with Crippen LogP contribution < -0.4 is 0 Å². The molecule has 118 valence electrons. The molecule has 1 aliphatic heterocycles. The second kappa shape index (κ2) is 6.62. The molecule has 6 nitrogen and oxygen atoms in total. The Kier molecular flexibility index (Phi) is 5.26. The average molecular weight is 354 g/mol. The van der Waals surface area contributed by atoms with Gasteiger partial charge in [-0.1, -0.05) is 11.6 Å². The molecule has 0 aromatic carbocycles. The van der Waals surface area contributed by atoms with Crippen LogP contribution in [0, 0.1) is 0 Å². The molecular weight excluding hydrogens is 338 g/mol. The number of thiophene rings is 1. The van der Waals surface area contributed by atoms with Gasteiger partial charge in [-0.25, -0.2) is 8.42 Å². The van der Waals surface area contributed by atoms with Crippen molar-refractivity contribution >= 4 is 38.9 Å². The molecule has 0 radical (unpaired) electrons. The Bertz CT molecular complexity index is 624. The number of carboxylic acids is 1. The molecule has 2 rings (SSSR count). The quantitative estimate of drug-likeness (QED) is 0.720. The first-order valence-corrected chi connectivity index (χ1v) is 9.02. The standard InChI is InChI=1S/C12H16ClNO5S2/c1-14(6-9-7-19-9)21(17,18)11-5-8(12(13)20-11)3-2-4-10(15)16/h5,9H,2-4,6-7H2,1H3,(H,15,16). The summed E-state index contributed by atoms with van der Waals surface area (Å²) in [6.45, 7) is 0.914. The lowest BCUT2D eigenvalue weighted by Crippen LogP contribution is -2.30. The third kappa shape index (κ3) is 4.40. The Balaban J connectivity index is 2.07. The molecule has 1 unspecified atom stereocenters.